The van der Waals surface area contributed by atoms with Crippen molar-refractivity contribution in [2.75, 3.05) is 0 Å². The van der Waals surface area contributed by atoms with Crippen molar-refractivity contribution in [2.45, 2.75) is 32.0 Å². The van der Waals surface area contributed by atoms with Gasteiger partial charge in [-0.25, -0.2) is 4.39 Å². The lowest BCUT2D eigenvalue weighted by Gasteiger charge is -2.23. The van der Waals surface area contributed by atoms with Crippen LogP contribution in [0, 0.1) is 5.82 Å². The maximum absolute atomic E-state index is 13.1. The van der Waals surface area contributed by atoms with Crippen molar-refractivity contribution < 1.29 is 18.4 Å². The Hall–Kier alpha value is -2.63. The molecule has 1 fully saturated rings. The third-order valence-corrected chi connectivity index (χ3v) is 3.89. The van der Waals surface area contributed by atoms with Gasteiger partial charge in [-0.3, -0.25) is 9.59 Å². The maximum Gasteiger partial charge on any atom is 0.243 e. The van der Waals surface area contributed by atoms with Crippen LogP contribution in [0.25, 0.3) is 0 Å². The summed E-state index contributed by atoms with van der Waals surface area (Å²) >= 11 is 0. The van der Waals surface area contributed by atoms with Crippen LogP contribution in [-0.2, 0) is 22.7 Å². The smallest absolute Gasteiger partial charge is 0.243 e. The first-order chi connectivity index (χ1) is 11.1. The fourth-order valence-electron chi connectivity index (χ4n) is 2.73. The summed E-state index contributed by atoms with van der Waals surface area (Å²) in [4.78, 5) is 25.9. The SMILES string of the molecule is O=C(NCc1cccc(F)c1)[C@H]1CCC(=O)N1Cc1ccco1. The number of carbonyl (C=O) groups is 2. The van der Waals surface area contributed by atoms with Crippen molar-refractivity contribution in [3.8, 4) is 0 Å². The quantitative estimate of drug-likeness (QED) is 0.920. The molecule has 0 radical (unpaired) electrons. The minimum Gasteiger partial charge on any atom is -0.467 e. The third kappa shape index (κ3) is 3.59. The van der Waals surface area contributed by atoms with E-state index < -0.39 is 6.04 Å². The molecule has 2 aromatic rings. The monoisotopic (exact) mass is 316 g/mol. The molecule has 6 heteroatoms. The molecular formula is C17H17FN2O3. The summed E-state index contributed by atoms with van der Waals surface area (Å²) in [6, 6.07) is 9.07. The van der Waals surface area contributed by atoms with E-state index in [1.807, 2.05) is 0 Å². The van der Waals surface area contributed by atoms with E-state index in [1.165, 1.54) is 23.3 Å². The number of furan rings is 1. The first-order valence-corrected chi connectivity index (χ1v) is 7.47. The highest BCUT2D eigenvalue weighted by Crippen LogP contribution is 2.22. The number of halogens is 1. The van der Waals surface area contributed by atoms with Crippen LogP contribution in [0.3, 0.4) is 0 Å². The van der Waals surface area contributed by atoms with Crippen molar-refractivity contribution in [1.29, 1.82) is 0 Å². The zero-order valence-electron chi connectivity index (χ0n) is 12.5. The molecule has 0 spiro atoms. The molecule has 2 heterocycles. The number of hydrogen-bond donors (Lipinski definition) is 1. The van der Waals surface area contributed by atoms with Gasteiger partial charge in [0.1, 0.15) is 17.6 Å². The third-order valence-electron chi connectivity index (χ3n) is 3.89. The lowest BCUT2D eigenvalue weighted by Crippen LogP contribution is -2.44. The highest BCUT2D eigenvalue weighted by molar-refractivity contribution is 5.90. The van der Waals surface area contributed by atoms with Gasteiger partial charge in [0.25, 0.3) is 0 Å². The molecule has 23 heavy (non-hydrogen) atoms. The number of hydrogen-bond acceptors (Lipinski definition) is 3. The molecule has 1 aromatic carbocycles. The number of rotatable bonds is 5. The van der Waals surface area contributed by atoms with Crippen LogP contribution in [0.1, 0.15) is 24.2 Å². The Labute approximate surface area is 133 Å². The minimum absolute atomic E-state index is 0.0627. The molecule has 120 valence electrons. The number of likely N-dealkylation sites (tertiary alicyclic amines) is 1. The molecule has 0 unspecified atom stereocenters. The van der Waals surface area contributed by atoms with E-state index in [0.717, 1.165) is 0 Å². The Kier molecular flexibility index (Phi) is 4.41. The van der Waals surface area contributed by atoms with Gasteiger partial charge >= 0.3 is 0 Å². The normalized spacial score (nSPS) is 17.5. The number of amides is 2. The first kappa shape index (κ1) is 15.3. The average molecular weight is 316 g/mol. The average Bonchev–Trinajstić information content (AvgIpc) is 3.16. The number of benzene rings is 1. The highest BCUT2D eigenvalue weighted by atomic mass is 19.1. The standard InChI is InChI=1S/C17H17FN2O3/c18-13-4-1-3-12(9-13)10-19-17(22)15-6-7-16(21)20(15)11-14-5-2-8-23-14/h1-5,8-9,15H,6-7,10-11H2,(H,19,22)/t15-/m1/s1. The van der Waals surface area contributed by atoms with Crippen molar-refractivity contribution in [3.63, 3.8) is 0 Å². The van der Waals surface area contributed by atoms with E-state index >= 15 is 0 Å². The second kappa shape index (κ2) is 6.64. The van der Waals surface area contributed by atoms with Crippen molar-refractivity contribution in [2.24, 2.45) is 0 Å². The summed E-state index contributed by atoms with van der Waals surface area (Å²) in [7, 11) is 0. The Morgan fingerprint density at radius 1 is 1.35 bits per heavy atom. The van der Waals surface area contributed by atoms with Crippen molar-refractivity contribution >= 4 is 11.8 Å². The summed E-state index contributed by atoms with van der Waals surface area (Å²) in [5, 5.41) is 2.77. The molecule has 1 aliphatic heterocycles. The fourth-order valence-corrected chi connectivity index (χ4v) is 2.73. The van der Waals surface area contributed by atoms with Gasteiger partial charge in [-0.05, 0) is 36.2 Å². The number of carbonyl (C=O) groups excluding carboxylic acids is 2. The molecule has 1 saturated heterocycles. The predicted octanol–water partition coefficient (Wildman–Crippen LogP) is 2.23. The highest BCUT2D eigenvalue weighted by Gasteiger charge is 2.36. The zero-order chi connectivity index (χ0) is 16.2. The molecular weight excluding hydrogens is 299 g/mol. The van der Waals surface area contributed by atoms with Crippen molar-refractivity contribution in [1.82, 2.24) is 10.2 Å². The Morgan fingerprint density at radius 3 is 2.96 bits per heavy atom. The summed E-state index contributed by atoms with van der Waals surface area (Å²) in [6.45, 7) is 0.514. The Bertz CT molecular complexity index is 700. The van der Waals surface area contributed by atoms with Gasteiger partial charge in [0.05, 0.1) is 12.8 Å². The van der Waals surface area contributed by atoms with E-state index in [4.69, 9.17) is 4.42 Å². The van der Waals surface area contributed by atoms with Gasteiger partial charge in [-0.1, -0.05) is 12.1 Å². The van der Waals surface area contributed by atoms with E-state index in [1.54, 1.807) is 24.3 Å². The van der Waals surface area contributed by atoms with Crippen LogP contribution in [-0.4, -0.2) is 22.8 Å². The van der Waals surface area contributed by atoms with Crippen molar-refractivity contribution in [3.05, 3.63) is 59.8 Å². The van der Waals surface area contributed by atoms with Crippen LogP contribution < -0.4 is 5.32 Å². The number of nitrogens with zero attached hydrogens (tertiary/aromatic N) is 1. The van der Waals surface area contributed by atoms with Gasteiger partial charge in [0.15, 0.2) is 0 Å². The molecule has 1 atom stereocenters. The van der Waals surface area contributed by atoms with Crippen LogP contribution in [0.2, 0.25) is 0 Å². The lowest BCUT2D eigenvalue weighted by atomic mass is 10.2. The Balaban J connectivity index is 1.62. The fraction of sp³-hybridized carbons (Fsp3) is 0.294. The molecule has 0 saturated carbocycles. The summed E-state index contributed by atoms with van der Waals surface area (Å²) in [6.07, 6.45) is 2.36. The first-order valence-electron chi connectivity index (χ1n) is 7.47. The summed E-state index contributed by atoms with van der Waals surface area (Å²) < 4.78 is 18.4. The molecule has 1 aromatic heterocycles. The van der Waals surface area contributed by atoms with Gasteiger partial charge in [-0.2, -0.15) is 0 Å². The number of nitrogens with one attached hydrogen (secondary N) is 1. The topological polar surface area (TPSA) is 62.6 Å². The van der Waals surface area contributed by atoms with Crippen LogP contribution in [0.4, 0.5) is 4.39 Å². The lowest BCUT2D eigenvalue weighted by molar-refractivity contribution is -0.136. The minimum atomic E-state index is -0.513. The molecule has 0 bridgehead atoms. The summed E-state index contributed by atoms with van der Waals surface area (Å²) in [5.41, 5.74) is 0.681. The van der Waals surface area contributed by atoms with Gasteiger partial charge in [0, 0.05) is 13.0 Å². The maximum atomic E-state index is 13.1. The second-order valence-corrected chi connectivity index (χ2v) is 5.50. The zero-order valence-corrected chi connectivity index (χ0v) is 12.5. The van der Waals surface area contributed by atoms with E-state index in [9.17, 15) is 14.0 Å². The largest absolute Gasteiger partial charge is 0.467 e. The molecule has 3 rings (SSSR count). The molecule has 0 aliphatic carbocycles. The van der Waals surface area contributed by atoms with E-state index in [-0.39, 0.29) is 30.7 Å². The predicted molar refractivity (Wildman–Crippen MR) is 80.5 cm³/mol. The molecule has 5 nitrogen and oxygen atoms in total. The Morgan fingerprint density at radius 2 is 2.22 bits per heavy atom. The van der Waals surface area contributed by atoms with E-state index in [2.05, 4.69) is 5.32 Å². The van der Waals surface area contributed by atoms with Gasteiger partial charge in [-0.15, -0.1) is 0 Å². The molecule has 2 amide bonds. The molecule has 1 aliphatic rings. The summed E-state index contributed by atoms with van der Waals surface area (Å²) in [5.74, 6) is 0.00870. The van der Waals surface area contributed by atoms with Gasteiger partial charge < -0.3 is 14.6 Å². The second-order valence-electron chi connectivity index (χ2n) is 5.50. The van der Waals surface area contributed by atoms with E-state index in [0.29, 0.717) is 24.2 Å². The molecule has 1 N–H and O–H groups in total. The van der Waals surface area contributed by atoms with Gasteiger partial charge in [0.2, 0.25) is 11.8 Å². The van der Waals surface area contributed by atoms with Crippen LogP contribution >= 0.6 is 0 Å². The van der Waals surface area contributed by atoms with Crippen LogP contribution in [0.5, 0.6) is 0 Å². The van der Waals surface area contributed by atoms with Crippen LogP contribution in [0.15, 0.2) is 47.1 Å².